The van der Waals surface area contributed by atoms with Crippen LogP contribution in [0.5, 0.6) is 11.8 Å². The van der Waals surface area contributed by atoms with Gasteiger partial charge in [-0.25, -0.2) is 5.84 Å². The third-order valence-corrected chi connectivity index (χ3v) is 2.74. The van der Waals surface area contributed by atoms with Crippen LogP contribution in [0.25, 0.3) is 0 Å². The Labute approximate surface area is 126 Å². The Morgan fingerprint density at radius 1 is 1.24 bits per heavy atom. The van der Waals surface area contributed by atoms with E-state index in [1.807, 2.05) is 6.92 Å². The maximum Gasteiger partial charge on any atom is 0.323 e. The van der Waals surface area contributed by atoms with Gasteiger partial charge < -0.3 is 14.8 Å². The van der Waals surface area contributed by atoms with Crippen molar-refractivity contribution in [2.45, 2.75) is 6.92 Å². The van der Waals surface area contributed by atoms with Crippen LogP contribution in [0.2, 0.25) is 5.02 Å². The van der Waals surface area contributed by atoms with Gasteiger partial charge >= 0.3 is 6.01 Å². The summed E-state index contributed by atoms with van der Waals surface area (Å²) in [5, 5.41) is 3.52. The lowest BCUT2D eigenvalue weighted by atomic mass is 10.3. The van der Waals surface area contributed by atoms with Crippen molar-refractivity contribution in [3.63, 3.8) is 0 Å². The van der Waals surface area contributed by atoms with Gasteiger partial charge in [0.15, 0.2) is 0 Å². The minimum Gasteiger partial charge on any atom is -0.495 e. The number of nitrogens with zero attached hydrogens (tertiary/aromatic N) is 3. The van der Waals surface area contributed by atoms with Gasteiger partial charge in [0.05, 0.1) is 18.7 Å². The molecule has 0 aliphatic carbocycles. The maximum absolute atomic E-state index is 5.97. The minimum absolute atomic E-state index is 0.170. The molecule has 0 atom stereocenters. The number of benzene rings is 1. The smallest absolute Gasteiger partial charge is 0.323 e. The second-order valence-electron chi connectivity index (χ2n) is 3.82. The van der Waals surface area contributed by atoms with Gasteiger partial charge in [0.25, 0.3) is 0 Å². The number of halogens is 1. The monoisotopic (exact) mass is 310 g/mol. The summed E-state index contributed by atoms with van der Waals surface area (Å²) < 4.78 is 10.4. The molecule has 2 rings (SSSR count). The molecule has 0 unspecified atom stereocenters. The van der Waals surface area contributed by atoms with Crippen LogP contribution >= 0.6 is 11.6 Å². The van der Waals surface area contributed by atoms with Crippen LogP contribution in [0.4, 0.5) is 17.6 Å². The van der Waals surface area contributed by atoms with Crippen LogP contribution in [-0.2, 0) is 0 Å². The highest BCUT2D eigenvalue weighted by molar-refractivity contribution is 6.32. The van der Waals surface area contributed by atoms with Gasteiger partial charge in [-0.15, -0.1) is 0 Å². The summed E-state index contributed by atoms with van der Waals surface area (Å²) in [6.45, 7) is 2.26. The van der Waals surface area contributed by atoms with Crippen molar-refractivity contribution < 1.29 is 9.47 Å². The minimum atomic E-state index is 0.170. The van der Waals surface area contributed by atoms with Crippen LogP contribution in [0.15, 0.2) is 18.2 Å². The van der Waals surface area contributed by atoms with Crippen molar-refractivity contribution in [3.05, 3.63) is 23.2 Å². The predicted octanol–water partition coefficient (Wildman–Crippen LogP) is 1.96. The van der Waals surface area contributed by atoms with Crippen molar-refractivity contribution in [2.75, 3.05) is 24.5 Å². The highest BCUT2D eigenvalue weighted by Crippen LogP contribution is 2.28. The van der Waals surface area contributed by atoms with E-state index in [4.69, 9.17) is 26.9 Å². The van der Waals surface area contributed by atoms with Gasteiger partial charge in [0, 0.05) is 11.8 Å². The van der Waals surface area contributed by atoms with Gasteiger partial charge in [-0.2, -0.15) is 15.0 Å². The molecule has 9 heteroatoms. The standard InChI is InChI=1S/C12H15ClN6O2/c1-3-21-12-17-10(16-11(18-12)19-14)15-7-4-5-8(13)9(6-7)20-2/h4-6H,3,14H2,1-2H3,(H2,15,16,17,18,19). The summed E-state index contributed by atoms with van der Waals surface area (Å²) in [6, 6.07) is 5.37. The summed E-state index contributed by atoms with van der Waals surface area (Å²) >= 11 is 5.97. The van der Waals surface area contributed by atoms with Gasteiger partial charge in [-0.05, 0) is 19.1 Å². The van der Waals surface area contributed by atoms with Crippen molar-refractivity contribution in [1.29, 1.82) is 0 Å². The number of aromatic nitrogens is 3. The fourth-order valence-corrected chi connectivity index (χ4v) is 1.73. The Morgan fingerprint density at radius 3 is 2.67 bits per heavy atom. The fraction of sp³-hybridized carbons (Fsp3) is 0.250. The van der Waals surface area contributed by atoms with Crippen LogP contribution in [0.1, 0.15) is 6.92 Å². The lowest BCUT2D eigenvalue weighted by molar-refractivity contribution is 0.312. The Hall–Kier alpha value is -2.32. The molecule has 1 aromatic carbocycles. The lowest BCUT2D eigenvalue weighted by Gasteiger charge is -2.10. The van der Waals surface area contributed by atoms with E-state index >= 15 is 0 Å². The SMILES string of the molecule is CCOc1nc(NN)nc(Nc2ccc(Cl)c(OC)c2)n1. The Bertz CT molecular complexity index is 625. The van der Waals surface area contributed by atoms with E-state index in [2.05, 4.69) is 25.7 Å². The predicted molar refractivity (Wildman–Crippen MR) is 80.1 cm³/mol. The molecular weight excluding hydrogens is 296 g/mol. The quantitative estimate of drug-likeness (QED) is 0.549. The van der Waals surface area contributed by atoms with Crippen molar-refractivity contribution in [2.24, 2.45) is 5.84 Å². The van der Waals surface area contributed by atoms with Crippen LogP contribution in [0, 0.1) is 0 Å². The van der Waals surface area contributed by atoms with E-state index in [9.17, 15) is 0 Å². The van der Waals surface area contributed by atoms with Gasteiger partial charge in [-0.3, -0.25) is 5.43 Å². The van der Waals surface area contributed by atoms with Gasteiger partial charge in [-0.1, -0.05) is 11.6 Å². The zero-order valence-corrected chi connectivity index (χ0v) is 12.3. The number of hydrazine groups is 1. The average Bonchev–Trinajstić information content (AvgIpc) is 2.49. The Balaban J connectivity index is 2.27. The summed E-state index contributed by atoms with van der Waals surface area (Å²) in [6.07, 6.45) is 0. The first-order chi connectivity index (χ1) is 10.2. The number of hydrogen-bond acceptors (Lipinski definition) is 8. The molecule has 1 aromatic heterocycles. The number of rotatable bonds is 6. The van der Waals surface area contributed by atoms with E-state index in [1.54, 1.807) is 18.2 Å². The molecule has 0 aliphatic heterocycles. The summed E-state index contributed by atoms with van der Waals surface area (Å²) in [4.78, 5) is 12.2. The zero-order chi connectivity index (χ0) is 15.2. The van der Waals surface area contributed by atoms with Crippen LogP contribution in [-0.4, -0.2) is 28.7 Å². The topological polar surface area (TPSA) is 107 Å². The van der Waals surface area contributed by atoms with Gasteiger partial charge in [0.2, 0.25) is 11.9 Å². The highest BCUT2D eigenvalue weighted by atomic mass is 35.5. The zero-order valence-electron chi connectivity index (χ0n) is 11.6. The summed E-state index contributed by atoms with van der Waals surface area (Å²) in [5.74, 6) is 6.33. The molecule has 0 fully saturated rings. The highest BCUT2D eigenvalue weighted by Gasteiger charge is 2.08. The van der Waals surface area contributed by atoms with E-state index < -0.39 is 0 Å². The number of hydrogen-bond donors (Lipinski definition) is 3. The molecule has 0 spiro atoms. The van der Waals surface area contributed by atoms with Crippen LogP contribution < -0.4 is 26.1 Å². The number of nitrogens with one attached hydrogen (secondary N) is 2. The molecular formula is C12H15ClN6O2. The Morgan fingerprint density at radius 2 is 2.00 bits per heavy atom. The summed E-state index contributed by atoms with van der Waals surface area (Å²) in [5.41, 5.74) is 3.06. The number of anilines is 3. The molecule has 0 aliphatic rings. The van der Waals surface area contributed by atoms with E-state index in [-0.39, 0.29) is 17.9 Å². The Kier molecular flexibility index (Phi) is 4.96. The molecule has 0 radical (unpaired) electrons. The first kappa shape index (κ1) is 15.1. The van der Waals surface area contributed by atoms with Crippen LogP contribution in [0.3, 0.4) is 0 Å². The maximum atomic E-state index is 5.97. The third kappa shape index (κ3) is 3.83. The normalized spacial score (nSPS) is 10.1. The van der Waals surface area contributed by atoms with Crippen molar-refractivity contribution >= 4 is 29.2 Å². The molecule has 0 amide bonds. The second kappa shape index (κ2) is 6.91. The van der Waals surface area contributed by atoms with Crippen molar-refractivity contribution in [3.8, 4) is 11.8 Å². The molecule has 8 nitrogen and oxygen atoms in total. The average molecular weight is 311 g/mol. The van der Waals surface area contributed by atoms with E-state index in [0.717, 1.165) is 0 Å². The largest absolute Gasteiger partial charge is 0.495 e. The lowest BCUT2D eigenvalue weighted by Crippen LogP contribution is -2.13. The molecule has 0 saturated carbocycles. The molecule has 0 saturated heterocycles. The number of nitrogens with two attached hydrogens (primary N) is 1. The third-order valence-electron chi connectivity index (χ3n) is 2.42. The van der Waals surface area contributed by atoms with E-state index in [1.165, 1.54) is 7.11 Å². The number of nitrogen functional groups attached to an aromatic ring is 1. The molecule has 1 heterocycles. The molecule has 2 aromatic rings. The first-order valence-corrected chi connectivity index (χ1v) is 6.50. The number of ether oxygens (including phenoxy) is 2. The van der Waals surface area contributed by atoms with Crippen molar-refractivity contribution in [1.82, 2.24) is 15.0 Å². The first-order valence-electron chi connectivity index (χ1n) is 6.12. The molecule has 21 heavy (non-hydrogen) atoms. The number of methoxy groups -OCH3 is 1. The van der Waals surface area contributed by atoms with E-state index in [0.29, 0.717) is 23.1 Å². The fourth-order valence-electron chi connectivity index (χ4n) is 1.54. The molecule has 112 valence electrons. The molecule has 4 N–H and O–H groups in total. The summed E-state index contributed by atoms with van der Waals surface area (Å²) in [7, 11) is 1.54. The second-order valence-corrected chi connectivity index (χ2v) is 4.22. The molecule has 0 bridgehead atoms. The van der Waals surface area contributed by atoms with Gasteiger partial charge in [0.1, 0.15) is 5.75 Å².